The van der Waals surface area contributed by atoms with Crippen molar-refractivity contribution in [1.29, 1.82) is 0 Å². The largest absolute Gasteiger partial charge is 0.468 e. The second kappa shape index (κ2) is 7.11. The number of aromatic nitrogens is 1. The van der Waals surface area contributed by atoms with E-state index >= 15 is 0 Å². The number of rotatable bonds is 6. The number of hydrogen-bond donors (Lipinski definition) is 1. The molecule has 100 valence electrons. The highest BCUT2D eigenvalue weighted by atomic mass is 16.5. The van der Waals surface area contributed by atoms with Gasteiger partial charge in [-0.15, -0.1) is 0 Å². The molecule has 3 atom stereocenters. The van der Waals surface area contributed by atoms with E-state index in [9.17, 15) is 4.79 Å². The Morgan fingerprint density at radius 1 is 1.39 bits per heavy atom. The van der Waals surface area contributed by atoms with Gasteiger partial charge in [0.2, 0.25) is 0 Å². The van der Waals surface area contributed by atoms with Gasteiger partial charge in [0.05, 0.1) is 7.11 Å². The van der Waals surface area contributed by atoms with Gasteiger partial charge in [0.1, 0.15) is 6.04 Å². The molecule has 0 fully saturated rings. The molecular formula is C14H22N2O2. The highest BCUT2D eigenvalue weighted by molar-refractivity contribution is 5.76. The Labute approximate surface area is 109 Å². The number of nitrogens with one attached hydrogen (secondary N) is 1. The molecule has 1 rings (SSSR count). The predicted octanol–water partition coefficient (Wildman–Crippen LogP) is 2.32. The fourth-order valence-electron chi connectivity index (χ4n) is 1.84. The Kier molecular flexibility index (Phi) is 5.78. The quantitative estimate of drug-likeness (QED) is 0.787. The zero-order valence-electron chi connectivity index (χ0n) is 11.5. The van der Waals surface area contributed by atoms with Crippen molar-refractivity contribution in [3.63, 3.8) is 0 Å². The number of esters is 1. The maximum atomic E-state index is 11.8. The van der Waals surface area contributed by atoms with Gasteiger partial charge >= 0.3 is 5.97 Å². The van der Waals surface area contributed by atoms with Crippen molar-refractivity contribution in [3.8, 4) is 0 Å². The van der Waals surface area contributed by atoms with E-state index in [2.05, 4.69) is 17.2 Å². The second-order valence-electron chi connectivity index (χ2n) is 4.56. The molecule has 4 heteroatoms. The van der Waals surface area contributed by atoms with E-state index in [1.54, 1.807) is 12.4 Å². The molecule has 1 N–H and O–H groups in total. The third-order valence-corrected chi connectivity index (χ3v) is 3.30. The first-order valence-electron chi connectivity index (χ1n) is 6.34. The van der Waals surface area contributed by atoms with Crippen molar-refractivity contribution < 1.29 is 9.53 Å². The molecule has 0 amide bonds. The first-order chi connectivity index (χ1) is 8.60. The highest BCUT2D eigenvalue weighted by Gasteiger charge is 2.26. The summed E-state index contributed by atoms with van der Waals surface area (Å²) in [6.45, 7) is 6.15. The summed E-state index contributed by atoms with van der Waals surface area (Å²) in [4.78, 5) is 15.8. The van der Waals surface area contributed by atoms with Crippen LogP contribution in [0.3, 0.4) is 0 Å². The standard InChI is InChI=1S/C14H22N2O2/c1-5-10(2)13(14(17)18-4)16-11(3)12-6-8-15-9-7-12/h6-11,13,16H,5H2,1-4H3. The van der Waals surface area contributed by atoms with E-state index in [1.807, 2.05) is 26.0 Å². The molecule has 1 aromatic heterocycles. The van der Waals surface area contributed by atoms with Crippen LogP contribution in [-0.2, 0) is 9.53 Å². The first-order valence-corrected chi connectivity index (χ1v) is 6.34. The molecule has 0 radical (unpaired) electrons. The van der Waals surface area contributed by atoms with Crippen LogP contribution in [0, 0.1) is 5.92 Å². The van der Waals surface area contributed by atoms with Crippen LogP contribution in [-0.4, -0.2) is 24.1 Å². The molecule has 0 aliphatic carbocycles. The van der Waals surface area contributed by atoms with Gasteiger partial charge in [0.15, 0.2) is 0 Å². The monoisotopic (exact) mass is 250 g/mol. The molecule has 0 bridgehead atoms. The fraction of sp³-hybridized carbons (Fsp3) is 0.571. The van der Waals surface area contributed by atoms with Crippen LogP contribution in [0.25, 0.3) is 0 Å². The minimum Gasteiger partial charge on any atom is -0.468 e. The SMILES string of the molecule is CCC(C)C(NC(C)c1ccncc1)C(=O)OC. The minimum absolute atomic E-state index is 0.0890. The van der Waals surface area contributed by atoms with Crippen molar-refractivity contribution >= 4 is 5.97 Å². The maximum Gasteiger partial charge on any atom is 0.323 e. The average Bonchev–Trinajstić information content (AvgIpc) is 2.43. The molecule has 0 aliphatic heterocycles. The van der Waals surface area contributed by atoms with Crippen LogP contribution in [0.5, 0.6) is 0 Å². The molecular weight excluding hydrogens is 228 g/mol. The molecule has 18 heavy (non-hydrogen) atoms. The van der Waals surface area contributed by atoms with Gasteiger partial charge < -0.3 is 4.74 Å². The number of hydrogen-bond acceptors (Lipinski definition) is 4. The lowest BCUT2D eigenvalue weighted by molar-refractivity contribution is -0.144. The molecule has 0 saturated carbocycles. The lowest BCUT2D eigenvalue weighted by Crippen LogP contribution is -2.43. The number of carbonyl (C=O) groups is 1. The molecule has 0 spiro atoms. The Balaban J connectivity index is 2.74. The summed E-state index contributed by atoms with van der Waals surface area (Å²) in [6.07, 6.45) is 4.43. The lowest BCUT2D eigenvalue weighted by Gasteiger charge is -2.25. The van der Waals surface area contributed by atoms with Gasteiger partial charge in [-0.05, 0) is 30.5 Å². The Bertz CT molecular complexity index is 367. The van der Waals surface area contributed by atoms with Gasteiger partial charge in [-0.25, -0.2) is 0 Å². The molecule has 0 saturated heterocycles. The summed E-state index contributed by atoms with van der Waals surface area (Å²) < 4.78 is 4.86. The summed E-state index contributed by atoms with van der Waals surface area (Å²) in [6, 6.07) is 3.71. The van der Waals surface area contributed by atoms with E-state index in [4.69, 9.17) is 4.74 Å². The molecule has 0 aliphatic rings. The molecule has 1 heterocycles. The Morgan fingerprint density at radius 3 is 2.50 bits per heavy atom. The van der Waals surface area contributed by atoms with E-state index in [0.717, 1.165) is 12.0 Å². The zero-order valence-corrected chi connectivity index (χ0v) is 11.5. The Hall–Kier alpha value is -1.42. The minimum atomic E-state index is -0.275. The van der Waals surface area contributed by atoms with Gasteiger partial charge in [0, 0.05) is 18.4 Å². The van der Waals surface area contributed by atoms with Crippen molar-refractivity contribution in [2.45, 2.75) is 39.3 Å². The van der Waals surface area contributed by atoms with E-state index in [0.29, 0.717) is 0 Å². The summed E-state index contributed by atoms with van der Waals surface area (Å²) >= 11 is 0. The zero-order chi connectivity index (χ0) is 13.5. The maximum absolute atomic E-state index is 11.8. The predicted molar refractivity (Wildman–Crippen MR) is 71.0 cm³/mol. The normalized spacial score (nSPS) is 15.8. The smallest absolute Gasteiger partial charge is 0.323 e. The molecule has 3 unspecified atom stereocenters. The summed E-state index contributed by atoms with van der Waals surface area (Å²) in [7, 11) is 1.43. The fourth-order valence-corrected chi connectivity index (χ4v) is 1.84. The number of ether oxygens (including phenoxy) is 1. The van der Waals surface area contributed by atoms with Crippen molar-refractivity contribution in [2.24, 2.45) is 5.92 Å². The van der Waals surface area contributed by atoms with E-state index < -0.39 is 0 Å². The van der Waals surface area contributed by atoms with Crippen LogP contribution in [0.15, 0.2) is 24.5 Å². The highest BCUT2D eigenvalue weighted by Crippen LogP contribution is 2.16. The Morgan fingerprint density at radius 2 is 2.00 bits per heavy atom. The van der Waals surface area contributed by atoms with Gasteiger partial charge in [-0.2, -0.15) is 0 Å². The summed E-state index contributed by atoms with van der Waals surface area (Å²) in [5.41, 5.74) is 1.11. The number of carbonyl (C=O) groups excluding carboxylic acids is 1. The number of pyridine rings is 1. The summed E-state index contributed by atoms with van der Waals surface area (Å²) in [5.74, 6) is 0.0343. The van der Waals surface area contributed by atoms with E-state index in [1.165, 1.54) is 7.11 Å². The third kappa shape index (κ3) is 3.81. The van der Waals surface area contributed by atoms with E-state index in [-0.39, 0.29) is 24.0 Å². The molecule has 1 aromatic rings. The van der Waals surface area contributed by atoms with Crippen molar-refractivity contribution in [2.75, 3.05) is 7.11 Å². The van der Waals surface area contributed by atoms with Crippen molar-refractivity contribution in [3.05, 3.63) is 30.1 Å². The van der Waals surface area contributed by atoms with Crippen LogP contribution >= 0.6 is 0 Å². The van der Waals surface area contributed by atoms with Crippen LogP contribution < -0.4 is 5.32 Å². The first kappa shape index (κ1) is 14.6. The average molecular weight is 250 g/mol. The lowest BCUT2D eigenvalue weighted by atomic mass is 9.97. The number of nitrogens with zero attached hydrogens (tertiary/aromatic N) is 1. The molecule has 0 aromatic carbocycles. The van der Waals surface area contributed by atoms with Crippen LogP contribution in [0.2, 0.25) is 0 Å². The van der Waals surface area contributed by atoms with Gasteiger partial charge in [-0.1, -0.05) is 20.3 Å². The van der Waals surface area contributed by atoms with Gasteiger partial charge in [0.25, 0.3) is 0 Å². The number of methoxy groups -OCH3 is 1. The van der Waals surface area contributed by atoms with Gasteiger partial charge in [-0.3, -0.25) is 15.1 Å². The van der Waals surface area contributed by atoms with Crippen molar-refractivity contribution in [1.82, 2.24) is 10.3 Å². The van der Waals surface area contributed by atoms with Crippen LogP contribution in [0.1, 0.15) is 38.8 Å². The van der Waals surface area contributed by atoms with Crippen LogP contribution in [0.4, 0.5) is 0 Å². The second-order valence-corrected chi connectivity index (χ2v) is 4.56. The molecule has 4 nitrogen and oxygen atoms in total. The topological polar surface area (TPSA) is 51.2 Å². The third-order valence-electron chi connectivity index (χ3n) is 3.30. The summed E-state index contributed by atoms with van der Waals surface area (Å²) in [5, 5.41) is 3.33.